The molecule has 0 radical (unpaired) electrons. The standard InChI is InChI=1S/C14H20N2O.C11H13N3/c1-10-6-8-11(9-7-10)16-14(17)12-4-2-3-5-13(12)15;1-8-12-10-7-5-4-6-9(10)11(13-8)14(2)3/h2-5,10-11H,6-9,15H2,1H3,(H,16,17);4-7H,1-3H3. The number of nitrogens with two attached hydrogens (primary N) is 1. The molecule has 6 nitrogen and oxygen atoms in total. The predicted molar refractivity (Wildman–Crippen MR) is 128 cm³/mol. The van der Waals surface area contributed by atoms with Crippen LogP contribution in [0, 0.1) is 12.8 Å². The van der Waals surface area contributed by atoms with Crippen molar-refractivity contribution in [3.05, 3.63) is 59.9 Å². The van der Waals surface area contributed by atoms with Gasteiger partial charge in [-0.2, -0.15) is 0 Å². The number of nitrogen functional groups attached to an aromatic ring is 1. The van der Waals surface area contributed by atoms with Gasteiger partial charge in [-0.3, -0.25) is 4.79 Å². The molecule has 1 aromatic heterocycles. The molecule has 4 rings (SSSR count). The zero-order valence-corrected chi connectivity index (χ0v) is 18.9. The number of nitrogens with zero attached hydrogens (tertiary/aromatic N) is 3. The van der Waals surface area contributed by atoms with Crippen molar-refractivity contribution >= 4 is 28.3 Å². The first-order valence-electron chi connectivity index (χ1n) is 10.9. The Balaban J connectivity index is 0.000000179. The molecule has 3 N–H and O–H groups in total. The molecule has 1 aliphatic carbocycles. The Bertz CT molecular complexity index is 1030. The minimum Gasteiger partial charge on any atom is -0.398 e. The Kier molecular flexibility index (Phi) is 7.45. The minimum atomic E-state index is -0.0392. The Labute approximate surface area is 184 Å². The van der Waals surface area contributed by atoms with Gasteiger partial charge < -0.3 is 16.0 Å². The van der Waals surface area contributed by atoms with Crippen LogP contribution in [0.15, 0.2) is 48.5 Å². The number of hydrogen-bond donors (Lipinski definition) is 2. The molecule has 1 saturated carbocycles. The fourth-order valence-corrected chi connectivity index (χ4v) is 3.89. The average molecular weight is 420 g/mol. The van der Waals surface area contributed by atoms with Crippen molar-refractivity contribution in [2.75, 3.05) is 24.7 Å². The molecule has 0 unspecified atom stereocenters. The quantitative estimate of drug-likeness (QED) is 0.607. The molecular weight excluding hydrogens is 386 g/mol. The van der Waals surface area contributed by atoms with Crippen molar-refractivity contribution in [3.8, 4) is 0 Å². The lowest BCUT2D eigenvalue weighted by Gasteiger charge is -2.27. The molecular formula is C25H33N5O. The Morgan fingerprint density at radius 3 is 2.32 bits per heavy atom. The monoisotopic (exact) mass is 419 g/mol. The molecule has 2 aromatic carbocycles. The zero-order valence-electron chi connectivity index (χ0n) is 18.9. The van der Waals surface area contributed by atoms with Gasteiger partial charge in [-0.1, -0.05) is 31.2 Å². The molecule has 0 aliphatic heterocycles. The smallest absolute Gasteiger partial charge is 0.253 e. The van der Waals surface area contributed by atoms with Crippen LogP contribution in [-0.4, -0.2) is 36.0 Å². The van der Waals surface area contributed by atoms with E-state index < -0.39 is 0 Å². The Hall–Kier alpha value is -3.15. The zero-order chi connectivity index (χ0) is 22.4. The highest BCUT2D eigenvalue weighted by Gasteiger charge is 2.20. The maximum Gasteiger partial charge on any atom is 0.253 e. The van der Waals surface area contributed by atoms with Crippen molar-refractivity contribution in [1.29, 1.82) is 0 Å². The van der Waals surface area contributed by atoms with Crippen LogP contribution in [0.1, 0.15) is 48.8 Å². The van der Waals surface area contributed by atoms with Crippen LogP contribution in [0.5, 0.6) is 0 Å². The van der Waals surface area contributed by atoms with E-state index in [0.29, 0.717) is 17.3 Å². The SMILES string of the molecule is CC1CCC(NC(=O)c2ccccc2N)CC1.Cc1nc(N(C)C)c2ccccc2n1. The van der Waals surface area contributed by atoms with Crippen LogP contribution in [0.4, 0.5) is 11.5 Å². The number of carbonyl (C=O) groups is 1. The molecule has 0 bridgehead atoms. The van der Waals surface area contributed by atoms with Crippen LogP contribution in [0.3, 0.4) is 0 Å². The van der Waals surface area contributed by atoms with Crippen LogP contribution in [0.25, 0.3) is 10.9 Å². The van der Waals surface area contributed by atoms with E-state index >= 15 is 0 Å². The summed E-state index contributed by atoms with van der Waals surface area (Å²) in [6, 6.07) is 15.6. The summed E-state index contributed by atoms with van der Waals surface area (Å²) in [5.74, 6) is 2.55. The topological polar surface area (TPSA) is 84.1 Å². The van der Waals surface area contributed by atoms with E-state index in [0.717, 1.165) is 41.3 Å². The van der Waals surface area contributed by atoms with E-state index in [1.54, 1.807) is 12.1 Å². The predicted octanol–water partition coefficient (Wildman–Crippen LogP) is 4.58. The largest absolute Gasteiger partial charge is 0.398 e. The molecule has 0 saturated heterocycles. The maximum atomic E-state index is 12.0. The minimum absolute atomic E-state index is 0.0392. The van der Waals surface area contributed by atoms with Crippen molar-refractivity contribution in [2.24, 2.45) is 5.92 Å². The van der Waals surface area contributed by atoms with Crippen LogP contribution < -0.4 is 16.0 Å². The second-order valence-electron chi connectivity index (χ2n) is 8.52. The number of amides is 1. The van der Waals surface area contributed by atoms with E-state index in [2.05, 4.69) is 22.2 Å². The number of aromatic nitrogens is 2. The van der Waals surface area contributed by atoms with Gasteiger partial charge >= 0.3 is 0 Å². The normalized spacial score (nSPS) is 18.1. The molecule has 1 fully saturated rings. The molecule has 1 amide bonds. The van der Waals surface area contributed by atoms with Gasteiger partial charge in [0.15, 0.2) is 0 Å². The number of fused-ring (bicyclic) bond motifs is 1. The third-order valence-electron chi connectivity index (χ3n) is 5.68. The molecule has 0 atom stereocenters. The highest BCUT2D eigenvalue weighted by Crippen LogP contribution is 2.24. The third kappa shape index (κ3) is 5.94. The third-order valence-corrected chi connectivity index (χ3v) is 5.68. The summed E-state index contributed by atoms with van der Waals surface area (Å²) in [5.41, 5.74) is 7.93. The summed E-state index contributed by atoms with van der Waals surface area (Å²) < 4.78 is 0. The number of rotatable bonds is 3. The van der Waals surface area contributed by atoms with Gasteiger partial charge in [0.05, 0.1) is 11.1 Å². The highest BCUT2D eigenvalue weighted by molar-refractivity contribution is 5.99. The van der Waals surface area contributed by atoms with Crippen LogP contribution >= 0.6 is 0 Å². The van der Waals surface area contributed by atoms with Gasteiger partial charge in [0.2, 0.25) is 0 Å². The maximum absolute atomic E-state index is 12.0. The molecule has 1 aliphatic rings. The van der Waals surface area contributed by atoms with Gasteiger partial charge in [-0.15, -0.1) is 0 Å². The summed E-state index contributed by atoms with van der Waals surface area (Å²) in [5, 5.41) is 4.18. The van der Waals surface area contributed by atoms with E-state index in [1.165, 1.54) is 12.8 Å². The van der Waals surface area contributed by atoms with Crippen molar-refractivity contribution in [1.82, 2.24) is 15.3 Å². The second kappa shape index (κ2) is 10.2. The Morgan fingerprint density at radius 2 is 1.65 bits per heavy atom. The van der Waals surface area contributed by atoms with Crippen molar-refractivity contribution < 1.29 is 4.79 Å². The number of hydrogen-bond acceptors (Lipinski definition) is 5. The van der Waals surface area contributed by atoms with Gasteiger partial charge in [0.25, 0.3) is 5.91 Å². The highest BCUT2D eigenvalue weighted by atomic mass is 16.1. The summed E-state index contributed by atoms with van der Waals surface area (Å²) in [4.78, 5) is 22.8. The van der Waals surface area contributed by atoms with Crippen LogP contribution in [0.2, 0.25) is 0 Å². The van der Waals surface area contributed by atoms with Gasteiger partial charge in [0, 0.05) is 31.2 Å². The first kappa shape index (κ1) is 22.5. The first-order chi connectivity index (χ1) is 14.8. The average Bonchev–Trinajstić information content (AvgIpc) is 2.75. The van der Waals surface area contributed by atoms with Crippen LogP contribution in [-0.2, 0) is 0 Å². The fourth-order valence-electron chi connectivity index (χ4n) is 3.89. The molecule has 164 valence electrons. The van der Waals surface area contributed by atoms with Crippen molar-refractivity contribution in [3.63, 3.8) is 0 Å². The van der Waals surface area contributed by atoms with E-state index in [9.17, 15) is 4.79 Å². The molecule has 6 heteroatoms. The molecule has 3 aromatic rings. The number of nitrogens with one attached hydrogen (secondary N) is 1. The van der Waals surface area contributed by atoms with Gasteiger partial charge in [0.1, 0.15) is 11.6 Å². The molecule has 1 heterocycles. The fraction of sp³-hybridized carbons (Fsp3) is 0.400. The number of aryl methyl sites for hydroxylation is 1. The number of para-hydroxylation sites is 2. The van der Waals surface area contributed by atoms with E-state index in [4.69, 9.17) is 5.73 Å². The summed E-state index contributed by atoms with van der Waals surface area (Å²) >= 11 is 0. The lowest BCUT2D eigenvalue weighted by atomic mass is 9.87. The number of benzene rings is 2. The first-order valence-corrected chi connectivity index (χ1v) is 10.9. The summed E-state index contributed by atoms with van der Waals surface area (Å²) in [6.07, 6.45) is 4.57. The number of anilines is 2. The summed E-state index contributed by atoms with van der Waals surface area (Å²) in [6.45, 7) is 4.19. The van der Waals surface area contributed by atoms with Gasteiger partial charge in [-0.25, -0.2) is 9.97 Å². The lowest BCUT2D eigenvalue weighted by molar-refractivity contribution is 0.0924. The molecule has 31 heavy (non-hydrogen) atoms. The Morgan fingerprint density at radius 1 is 1.00 bits per heavy atom. The van der Waals surface area contributed by atoms with Gasteiger partial charge in [-0.05, 0) is 62.8 Å². The van der Waals surface area contributed by atoms with E-state index in [-0.39, 0.29) is 5.91 Å². The van der Waals surface area contributed by atoms with Crippen molar-refractivity contribution in [2.45, 2.75) is 45.6 Å². The lowest BCUT2D eigenvalue weighted by Crippen LogP contribution is -2.37. The second-order valence-corrected chi connectivity index (χ2v) is 8.52. The number of carbonyl (C=O) groups excluding carboxylic acids is 1. The summed E-state index contributed by atoms with van der Waals surface area (Å²) in [7, 11) is 3.99. The molecule has 0 spiro atoms. The van der Waals surface area contributed by atoms with E-state index in [1.807, 2.05) is 62.3 Å².